The highest BCUT2D eigenvalue weighted by atomic mass is 35.5. The molecule has 2 aromatic heterocycles. The summed E-state index contributed by atoms with van der Waals surface area (Å²) >= 11 is 7.17. The van der Waals surface area contributed by atoms with Crippen LogP contribution in [0, 0.1) is 6.92 Å². The molecule has 0 bridgehead atoms. The van der Waals surface area contributed by atoms with E-state index in [9.17, 15) is 19.5 Å². The number of amides is 1. The normalized spacial score (nSPS) is 20.7. The van der Waals surface area contributed by atoms with Gasteiger partial charge in [-0.15, -0.1) is 11.3 Å². The number of hydrogen-bond acceptors (Lipinski definition) is 8. The smallest absolute Gasteiger partial charge is 0.414 e. The number of aliphatic hydroxyl groups excluding tert-OH is 1. The van der Waals surface area contributed by atoms with Gasteiger partial charge < -0.3 is 19.9 Å². The highest BCUT2D eigenvalue weighted by Crippen LogP contribution is 2.28. The zero-order valence-electron chi connectivity index (χ0n) is 22.9. The molecule has 1 atom stereocenters. The monoisotopic (exact) mass is 599 g/mol. The maximum atomic E-state index is 13.2. The van der Waals surface area contributed by atoms with E-state index in [4.69, 9.17) is 21.1 Å². The van der Waals surface area contributed by atoms with Crippen LogP contribution in [0.3, 0.4) is 0 Å². The number of Topliss-reactive ketones (excluding diaryl/α,β-unsaturated/α-hetero) is 1. The van der Waals surface area contributed by atoms with Crippen molar-refractivity contribution in [1.82, 2.24) is 9.88 Å². The Labute approximate surface area is 247 Å². The lowest BCUT2D eigenvalue weighted by Gasteiger charge is -2.26. The summed E-state index contributed by atoms with van der Waals surface area (Å²) in [7, 11) is 0. The summed E-state index contributed by atoms with van der Waals surface area (Å²) in [5.41, 5.74) is 1.90. The van der Waals surface area contributed by atoms with Gasteiger partial charge in [-0.05, 0) is 87.1 Å². The number of carbonyl (C=O) groups is 2. The second-order valence-electron chi connectivity index (χ2n) is 10.5. The minimum atomic E-state index is -0.459. The van der Waals surface area contributed by atoms with E-state index in [1.54, 1.807) is 47.5 Å². The number of ether oxygens (including phenoxy) is 2. The van der Waals surface area contributed by atoms with Gasteiger partial charge in [-0.25, -0.2) is 4.79 Å². The third-order valence-electron chi connectivity index (χ3n) is 7.57. The van der Waals surface area contributed by atoms with Gasteiger partial charge in [-0.2, -0.15) is 0 Å². The molecule has 1 aliphatic heterocycles. The molecule has 1 aliphatic carbocycles. The van der Waals surface area contributed by atoms with Crippen molar-refractivity contribution in [3.63, 3.8) is 0 Å². The first-order valence-corrected chi connectivity index (χ1v) is 15.1. The summed E-state index contributed by atoms with van der Waals surface area (Å²) in [6.45, 7) is 3.20. The van der Waals surface area contributed by atoms with E-state index >= 15 is 0 Å². The Hall–Kier alpha value is -3.18. The molecule has 2 fully saturated rings. The molecular weight excluding hydrogens is 566 g/mol. The number of carbonyl (C=O) groups excluding carboxylic acids is 2. The van der Waals surface area contributed by atoms with Crippen molar-refractivity contribution in [3.05, 3.63) is 73.8 Å². The average Bonchev–Trinajstić information content (AvgIpc) is 3.57. The Bertz CT molecular complexity index is 1450. The summed E-state index contributed by atoms with van der Waals surface area (Å²) in [6.07, 6.45) is 4.85. The highest BCUT2D eigenvalue weighted by molar-refractivity contribution is 7.18. The molecule has 0 spiro atoms. The first-order chi connectivity index (χ1) is 19.8. The van der Waals surface area contributed by atoms with E-state index in [0.717, 1.165) is 31.2 Å². The van der Waals surface area contributed by atoms with Crippen LogP contribution >= 0.6 is 22.9 Å². The Morgan fingerprint density at radius 1 is 1.17 bits per heavy atom. The predicted molar refractivity (Wildman–Crippen MR) is 159 cm³/mol. The number of pyridine rings is 1. The van der Waals surface area contributed by atoms with Gasteiger partial charge in [0, 0.05) is 30.9 Å². The number of nitrogens with one attached hydrogen (secondary N) is 1. The molecular formula is C30H34ClN3O6S. The average molecular weight is 600 g/mol. The van der Waals surface area contributed by atoms with E-state index in [0.29, 0.717) is 52.7 Å². The van der Waals surface area contributed by atoms with Crippen LogP contribution in [0.1, 0.15) is 53.8 Å². The zero-order chi connectivity index (χ0) is 28.9. The molecule has 1 amide bonds. The highest BCUT2D eigenvalue weighted by Gasteiger charge is 2.33. The molecule has 3 heterocycles. The van der Waals surface area contributed by atoms with Crippen LogP contribution in [0.5, 0.6) is 5.75 Å². The Balaban J connectivity index is 1.18. The van der Waals surface area contributed by atoms with Crippen molar-refractivity contribution in [2.75, 3.05) is 24.6 Å². The van der Waals surface area contributed by atoms with Crippen LogP contribution < -0.4 is 20.5 Å². The largest absolute Gasteiger partial charge is 0.487 e. The molecule has 1 saturated heterocycles. The molecule has 2 aliphatic rings. The van der Waals surface area contributed by atoms with Gasteiger partial charge in [0.2, 0.25) is 0 Å². The lowest BCUT2D eigenvalue weighted by molar-refractivity contribution is 0.0943. The molecule has 11 heteroatoms. The lowest BCUT2D eigenvalue weighted by Crippen LogP contribution is -2.37. The minimum absolute atomic E-state index is 0.0190. The maximum Gasteiger partial charge on any atom is 0.414 e. The molecule has 2 N–H and O–H groups in total. The number of anilines is 1. The Morgan fingerprint density at radius 3 is 2.71 bits per heavy atom. The van der Waals surface area contributed by atoms with E-state index in [2.05, 4.69) is 5.32 Å². The number of ketones is 1. The van der Waals surface area contributed by atoms with Crippen LogP contribution in [0.15, 0.2) is 53.5 Å². The molecule has 1 aromatic carbocycles. The number of aliphatic hydroxyl groups is 1. The number of benzene rings is 1. The summed E-state index contributed by atoms with van der Waals surface area (Å²) in [5, 5.41) is 13.1. The van der Waals surface area contributed by atoms with Gasteiger partial charge in [0.25, 0.3) is 5.56 Å². The fourth-order valence-corrected chi connectivity index (χ4v) is 6.33. The van der Waals surface area contributed by atoms with Crippen LogP contribution in [0.2, 0.25) is 4.34 Å². The van der Waals surface area contributed by atoms with Gasteiger partial charge in [0.15, 0.2) is 11.5 Å². The van der Waals surface area contributed by atoms with Gasteiger partial charge in [-0.1, -0.05) is 11.6 Å². The Kier molecular flexibility index (Phi) is 9.44. The van der Waals surface area contributed by atoms with Crippen molar-refractivity contribution in [2.24, 2.45) is 0 Å². The number of rotatable bonds is 11. The quantitative estimate of drug-likeness (QED) is 0.232. The number of aromatic nitrogens is 1. The van der Waals surface area contributed by atoms with Gasteiger partial charge in [0.05, 0.1) is 27.5 Å². The van der Waals surface area contributed by atoms with Crippen LogP contribution in [-0.4, -0.2) is 59.5 Å². The summed E-state index contributed by atoms with van der Waals surface area (Å²) in [4.78, 5) is 40.4. The van der Waals surface area contributed by atoms with Crippen LogP contribution in [0.25, 0.3) is 5.69 Å². The molecule has 5 rings (SSSR count). The van der Waals surface area contributed by atoms with Crippen molar-refractivity contribution < 1.29 is 24.2 Å². The third kappa shape index (κ3) is 7.19. The van der Waals surface area contributed by atoms with Crippen LogP contribution in [-0.2, 0) is 4.74 Å². The van der Waals surface area contributed by atoms with Crippen LogP contribution in [0.4, 0.5) is 10.5 Å². The van der Waals surface area contributed by atoms with E-state index in [1.165, 1.54) is 15.9 Å². The predicted octanol–water partition coefficient (Wildman–Crippen LogP) is 5.12. The number of thiophene rings is 1. The molecule has 0 unspecified atom stereocenters. The van der Waals surface area contributed by atoms with E-state index < -0.39 is 12.2 Å². The number of hydrogen-bond donors (Lipinski definition) is 2. The molecule has 0 radical (unpaired) electrons. The molecule has 9 nitrogen and oxygen atoms in total. The maximum absolute atomic E-state index is 13.2. The van der Waals surface area contributed by atoms with Gasteiger partial charge >= 0.3 is 6.09 Å². The first-order valence-electron chi connectivity index (χ1n) is 13.9. The molecule has 1 saturated carbocycles. The molecule has 3 aromatic rings. The summed E-state index contributed by atoms with van der Waals surface area (Å²) < 4.78 is 13.4. The standard InChI is InChI=1S/C30H34ClN3O6S/c1-19-17-21(34-18-23(40-30(34)38)9-11-25(36)27-12-13-28(31)41-27)6-10-24(19)33-15-2-3-26(29(33)37)39-16-14-32-20-4-7-22(35)8-5-20/h2-3,6,10,12-13,15,17,20,22-23,32,35H,4-5,7-9,11,14,16,18H2,1H3/t20?,22?,23-/m0/s1. The zero-order valence-corrected chi connectivity index (χ0v) is 24.5. The number of nitrogens with zero attached hydrogens (tertiary/aromatic N) is 2. The second kappa shape index (κ2) is 13.2. The van der Waals surface area contributed by atoms with Gasteiger partial charge in [0.1, 0.15) is 12.7 Å². The molecule has 218 valence electrons. The molecule has 41 heavy (non-hydrogen) atoms. The van der Waals surface area contributed by atoms with E-state index in [1.807, 2.05) is 13.0 Å². The van der Waals surface area contributed by atoms with Gasteiger partial charge in [-0.3, -0.25) is 19.1 Å². The SMILES string of the molecule is Cc1cc(N2C[C@H](CCC(=O)c3ccc(Cl)s3)OC2=O)ccc1-n1cccc(OCCNC2CCC(O)CC2)c1=O. The summed E-state index contributed by atoms with van der Waals surface area (Å²) in [5.74, 6) is 0.247. The van der Waals surface area contributed by atoms with Crippen molar-refractivity contribution in [1.29, 1.82) is 0 Å². The number of cyclic esters (lactones) is 1. The third-order valence-corrected chi connectivity index (χ3v) is 8.84. The number of halogens is 1. The topological polar surface area (TPSA) is 110 Å². The van der Waals surface area contributed by atoms with Crippen molar-refractivity contribution >= 4 is 40.5 Å². The summed E-state index contributed by atoms with van der Waals surface area (Å²) in [6, 6.07) is 12.7. The van der Waals surface area contributed by atoms with Crippen molar-refractivity contribution in [2.45, 2.75) is 63.7 Å². The van der Waals surface area contributed by atoms with Crippen molar-refractivity contribution in [3.8, 4) is 11.4 Å². The minimum Gasteiger partial charge on any atom is -0.487 e. The van der Waals surface area contributed by atoms with E-state index in [-0.39, 0.29) is 29.6 Å². The fraction of sp³-hybridized carbons (Fsp3) is 0.433. The lowest BCUT2D eigenvalue weighted by atomic mass is 9.93. The Morgan fingerprint density at radius 2 is 1.98 bits per heavy atom. The second-order valence-corrected chi connectivity index (χ2v) is 12.2. The first kappa shape index (κ1) is 29.3. The fourth-order valence-electron chi connectivity index (χ4n) is 5.32. The number of aryl methyl sites for hydroxylation is 1.